The van der Waals surface area contributed by atoms with Gasteiger partial charge in [0.1, 0.15) is 5.42 Å². The average Bonchev–Trinajstić information content (AvgIpc) is 2.69. The number of alkyl halides is 1. The molecule has 24 heavy (non-hydrogen) atoms. The Bertz CT molecular complexity index is 931. The van der Waals surface area contributed by atoms with E-state index in [9.17, 15) is 14.0 Å². The van der Waals surface area contributed by atoms with Crippen molar-refractivity contribution in [3.63, 3.8) is 0 Å². The maximum atomic E-state index is 14.2. The maximum absolute atomic E-state index is 14.2. The number of carbonyl (C=O) groups is 1. The van der Waals surface area contributed by atoms with Crippen LogP contribution in [-0.2, 0) is 17.6 Å². The highest BCUT2D eigenvalue weighted by atomic mass is 19.1. The maximum Gasteiger partial charge on any atom is 0.336 e. The van der Waals surface area contributed by atoms with Gasteiger partial charge in [-0.15, -0.1) is 0 Å². The van der Waals surface area contributed by atoms with Crippen molar-refractivity contribution in [2.75, 3.05) is 6.54 Å². The van der Waals surface area contributed by atoms with Gasteiger partial charge in [-0.05, 0) is 24.1 Å². The third-order valence-corrected chi connectivity index (χ3v) is 4.11. The van der Waals surface area contributed by atoms with E-state index in [4.69, 9.17) is 10.2 Å². The number of Topliss-reactive ketones (excluding diaryl/α,β-unsaturated/α-hetero) is 1. The molecule has 0 radical (unpaired) electrons. The fourth-order valence-electron chi connectivity index (χ4n) is 2.96. The van der Waals surface area contributed by atoms with Crippen LogP contribution >= 0.6 is 0 Å². The lowest BCUT2D eigenvalue weighted by Gasteiger charge is -2.08. The van der Waals surface area contributed by atoms with E-state index in [0.717, 1.165) is 5.56 Å². The van der Waals surface area contributed by atoms with E-state index >= 15 is 0 Å². The number of hydrogen-bond donors (Lipinski definition) is 1. The summed E-state index contributed by atoms with van der Waals surface area (Å²) in [5.41, 5.74) is 6.98. The van der Waals surface area contributed by atoms with Crippen molar-refractivity contribution in [3.05, 3.63) is 68.6 Å². The monoisotopic (exact) mass is 327 g/mol. The Morgan fingerprint density at radius 2 is 1.96 bits per heavy atom. The fourth-order valence-corrected chi connectivity index (χ4v) is 2.96. The van der Waals surface area contributed by atoms with Gasteiger partial charge in [0.15, 0.2) is 12.0 Å². The molecular formula is C19H18FNO3. The molecule has 1 aromatic heterocycles. The third-order valence-electron chi connectivity index (χ3n) is 4.11. The smallest absolute Gasteiger partial charge is 0.336 e. The zero-order valence-corrected chi connectivity index (χ0v) is 13.1. The summed E-state index contributed by atoms with van der Waals surface area (Å²) in [6, 6.07) is 10.6. The molecule has 1 heterocycles. The zero-order valence-electron chi connectivity index (χ0n) is 13.1. The second kappa shape index (κ2) is 6.93. The number of nitrogens with two attached hydrogens (primary N) is 1. The molecule has 1 aliphatic rings. The molecule has 1 unspecified atom stereocenters. The largest absolute Gasteiger partial charge is 0.422 e. The van der Waals surface area contributed by atoms with E-state index < -0.39 is 17.6 Å². The molecule has 0 saturated heterocycles. The molecule has 0 fully saturated rings. The summed E-state index contributed by atoms with van der Waals surface area (Å²) in [5, 5.41) is 0.611. The predicted octanol–water partition coefficient (Wildman–Crippen LogP) is 0.626. The molecule has 2 N–H and O–H groups in total. The number of halogens is 1. The van der Waals surface area contributed by atoms with Crippen molar-refractivity contribution < 1.29 is 13.6 Å². The minimum Gasteiger partial charge on any atom is -0.422 e. The molecule has 0 amide bonds. The van der Waals surface area contributed by atoms with E-state index in [0.29, 0.717) is 23.7 Å². The number of benzene rings is 1. The molecule has 0 bridgehead atoms. The second-order valence-corrected chi connectivity index (χ2v) is 5.78. The fraction of sp³-hybridized carbons (Fsp3) is 0.263. The summed E-state index contributed by atoms with van der Waals surface area (Å²) < 4.78 is 19.5. The second-order valence-electron chi connectivity index (χ2n) is 5.78. The van der Waals surface area contributed by atoms with E-state index in [1.54, 1.807) is 6.08 Å². The van der Waals surface area contributed by atoms with Crippen LogP contribution in [0.15, 0.2) is 45.6 Å². The first-order chi connectivity index (χ1) is 11.6. The van der Waals surface area contributed by atoms with Crippen LogP contribution in [0.5, 0.6) is 0 Å². The van der Waals surface area contributed by atoms with Gasteiger partial charge in [0.05, 0.1) is 0 Å². The van der Waals surface area contributed by atoms with Crippen LogP contribution in [0.25, 0.3) is 11.6 Å². The summed E-state index contributed by atoms with van der Waals surface area (Å²) in [7, 11) is 0. The Morgan fingerprint density at radius 1 is 1.21 bits per heavy atom. The molecular weight excluding hydrogens is 309 g/mol. The Hall–Kier alpha value is -2.53. The van der Waals surface area contributed by atoms with Gasteiger partial charge in [0.2, 0.25) is 0 Å². The SMILES string of the molecule is NCCc1cc(=O)oc2c1=CCC(F)C(=O)C=2Cc1ccccc1. The molecule has 2 aromatic rings. The van der Waals surface area contributed by atoms with Crippen molar-refractivity contribution in [3.8, 4) is 0 Å². The summed E-state index contributed by atoms with van der Waals surface area (Å²) in [4.78, 5) is 24.4. The quantitative estimate of drug-likeness (QED) is 0.894. The summed E-state index contributed by atoms with van der Waals surface area (Å²) in [6.45, 7) is 0.352. The summed E-state index contributed by atoms with van der Waals surface area (Å²) in [6.07, 6.45) is 0.649. The van der Waals surface area contributed by atoms with E-state index in [2.05, 4.69) is 0 Å². The zero-order chi connectivity index (χ0) is 17.1. The number of ketones is 1. The normalized spacial score (nSPS) is 17.2. The molecule has 0 spiro atoms. The average molecular weight is 327 g/mol. The standard InChI is InChI=1S/C19H18FNO3/c20-16-7-6-14-13(8-9-21)11-17(22)24-19(14)15(18(16)23)10-12-4-2-1-3-5-12/h1-6,11,16H,7-10,21H2. The van der Waals surface area contributed by atoms with Crippen LogP contribution in [0.3, 0.4) is 0 Å². The molecule has 3 rings (SSSR count). The highest BCUT2D eigenvalue weighted by molar-refractivity contribution is 6.17. The van der Waals surface area contributed by atoms with Gasteiger partial charge in [-0.3, -0.25) is 4.79 Å². The highest BCUT2D eigenvalue weighted by Crippen LogP contribution is 2.15. The van der Waals surface area contributed by atoms with Crippen LogP contribution in [0.1, 0.15) is 17.5 Å². The molecule has 1 aliphatic carbocycles. The van der Waals surface area contributed by atoms with Crippen LogP contribution in [-0.4, -0.2) is 18.5 Å². The van der Waals surface area contributed by atoms with E-state index in [1.165, 1.54) is 6.07 Å². The first kappa shape index (κ1) is 16.3. The molecule has 124 valence electrons. The highest BCUT2D eigenvalue weighted by Gasteiger charge is 2.25. The molecule has 4 nitrogen and oxygen atoms in total. The van der Waals surface area contributed by atoms with Gasteiger partial charge in [-0.2, -0.15) is 0 Å². The third kappa shape index (κ3) is 3.21. The van der Waals surface area contributed by atoms with Crippen molar-refractivity contribution in [2.24, 2.45) is 5.73 Å². The number of fused-ring (bicyclic) bond motifs is 1. The lowest BCUT2D eigenvalue weighted by Crippen LogP contribution is -2.36. The number of carbonyl (C=O) groups excluding carboxylic acids is 1. The number of rotatable bonds is 4. The molecule has 0 saturated carbocycles. The Labute approximate surface area is 138 Å². The molecule has 0 aliphatic heterocycles. The van der Waals surface area contributed by atoms with Gasteiger partial charge in [-0.1, -0.05) is 36.4 Å². The lowest BCUT2D eigenvalue weighted by atomic mass is 9.98. The van der Waals surface area contributed by atoms with E-state index in [1.807, 2.05) is 30.3 Å². The van der Waals surface area contributed by atoms with Gasteiger partial charge in [-0.25, -0.2) is 9.18 Å². The minimum absolute atomic E-state index is 0.0323. The minimum atomic E-state index is -1.63. The topological polar surface area (TPSA) is 73.3 Å². The Balaban J connectivity index is 2.30. The predicted molar refractivity (Wildman–Crippen MR) is 89.5 cm³/mol. The number of hydrogen-bond acceptors (Lipinski definition) is 4. The van der Waals surface area contributed by atoms with Gasteiger partial charge in [0, 0.05) is 29.7 Å². The Morgan fingerprint density at radius 3 is 2.67 bits per heavy atom. The van der Waals surface area contributed by atoms with Crippen LogP contribution in [0, 0.1) is 0 Å². The van der Waals surface area contributed by atoms with Crippen molar-refractivity contribution in [1.82, 2.24) is 0 Å². The van der Waals surface area contributed by atoms with Gasteiger partial charge >= 0.3 is 5.63 Å². The molecule has 5 heteroatoms. The molecule has 1 atom stereocenters. The van der Waals surface area contributed by atoms with E-state index in [-0.39, 0.29) is 23.8 Å². The van der Waals surface area contributed by atoms with Gasteiger partial charge < -0.3 is 10.2 Å². The first-order valence-corrected chi connectivity index (χ1v) is 7.89. The summed E-state index contributed by atoms with van der Waals surface area (Å²) >= 11 is 0. The van der Waals surface area contributed by atoms with Crippen LogP contribution in [0.2, 0.25) is 0 Å². The van der Waals surface area contributed by atoms with Crippen molar-refractivity contribution in [1.29, 1.82) is 0 Å². The first-order valence-electron chi connectivity index (χ1n) is 7.89. The Kier molecular flexibility index (Phi) is 4.71. The van der Waals surface area contributed by atoms with Gasteiger partial charge in [0.25, 0.3) is 0 Å². The van der Waals surface area contributed by atoms with Crippen molar-refractivity contribution >= 4 is 17.4 Å². The lowest BCUT2D eigenvalue weighted by molar-refractivity contribution is -0.118. The summed E-state index contributed by atoms with van der Waals surface area (Å²) in [5.74, 6) is -0.623. The van der Waals surface area contributed by atoms with Crippen molar-refractivity contribution in [2.45, 2.75) is 25.4 Å². The molecule has 1 aromatic carbocycles. The van der Waals surface area contributed by atoms with Crippen LogP contribution in [0.4, 0.5) is 4.39 Å². The van der Waals surface area contributed by atoms with Crippen LogP contribution < -0.4 is 22.0 Å².